The lowest BCUT2D eigenvalue weighted by Crippen LogP contribution is -2.23. The summed E-state index contributed by atoms with van der Waals surface area (Å²) in [5.74, 6) is -0.0846. The first-order chi connectivity index (χ1) is 4.63. The van der Waals surface area contributed by atoms with Crippen LogP contribution in [-0.4, -0.2) is 18.3 Å². The van der Waals surface area contributed by atoms with Gasteiger partial charge in [-0.25, -0.2) is 4.99 Å². The summed E-state index contributed by atoms with van der Waals surface area (Å²) in [5, 5.41) is 0. The molecule has 0 heterocycles. The van der Waals surface area contributed by atoms with Gasteiger partial charge in [0.05, 0.1) is 0 Å². The molecule has 0 radical (unpaired) electrons. The number of carbonyl (C=O) groups excluding carboxylic acids is 1. The van der Waals surface area contributed by atoms with E-state index in [1.54, 1.807) is 0 Å². The van der Waals surface area contributed by atoms with Gasteiger partial charge in [-0.15, -0.1) is 0 Å². The topological polar surface area (TPSA) is 81.5 Å². The first-order valence-corrected chi connectivity index (χ1v) is 3.17. The monoisotopic (exact) mass is 145 g/mol. The van der Waals surface area contributed by atoms with Gasteiger partial charge in [-0.1, -0.05) is 13.8 Å². The average molecular weight is 145 g/mol. The second-order valence-electron chi connectivity index (χ2n) is 1.44. The molecule has 4 heteroatoms. The number of nitrogens with two attached hydrogens (primary N) is 2. The van der Waals surface area contributed by atoms with Gasteiger partial charge in [-0.3, -0.25) is 4.79 Å². The van der Waals surface area contributed by atoms with Gasteiger partial charge in [-0.05, 0) is 6.92 Å². The molecule has 0 aliphatic rings. The number of nitrogens with zero attached hydrogens (tertiary/aromatic N) is 1. The molecule has 0 aromatic carbocycles. The van der Waals surface area contributed by atoms with Gasteiger partial charge >= 0.3 is 0 Å². The van der Waals surface area contributed by atoms with E-state index in [1.165, 1.54) is 6.92 Å². The molecule has 0 aromatic rings. The number of guanidine groups is 1. The molecule has 0 saturated heterocycles. The Labute approximate surface area is 61.3 Å². The van der Waals surface area contributed by atoms with Crippen molar-refractivity contribution in [2.45, 2.75) is 20.8 Å². The molecule has 0 aliphatic carbocycles. The highest BCUT2D eigenvalue weighted by Gasteiger charge is 1.86. The molecule has 0 bridgehead atoms. The Hall–Kier alpha value is -1.06. The molecule has 0 saturated carbocycles. The third-order valence-corrected chi connectivity index (χ3v) is 0.484. The van der Waals surface area contributed by atoms with E-state index in [9.17, 15) is 4.79 Å². The summed E-state index contributed by atoms with van der Waals surface area (Å²) in [6, 6.07) is 0. The molecular weight excluding hydrogens is 130 g/mol. The minimum atomic E-state index is -0.0431. The van der Waals surface area contributed by atoms with Crippen molar-refractivity contribution in [3.63, 3.8) is 0 Å². The number of ketones is 1. The molecule has 0 fully saturated rings. The van der Waals surface area contributed by atoms with E-state index in [0.29, 0.717) is 0 Å². The largest absolute Gasteiger partial charge is 0.370 e. The maximum Gasteiger partial charge on any atom is 0.186 e. The van der Waals surface area contributed by atoms with Crippen LogP contribution in [0.2, 0.25) is 0 Å². The maximum absolute atomic E-state index is 10.1. The lowest BCUT2D eigenvalue weighted by Gasteiger charge is -1.86. The van der Waals surface area contributed by atoms with Gasteiger partial charge in [-0.2, -0.15) is 0 Å². The van der Waals surface area contributed by atoms with E-state index < -0.39 is 0 Å². The molecule has 0 aromatic heterocycles. The summed E-state index contributed by atoms with van der Waals surface area (Å²) in [6.45, 7) is 5.51. The molecule has 0 spiro atoms. The van der Waals surface area contributed by atoms with Crippen LogP contribution in [0.4, 0.5) is 0 Å². The van der Waals surface area contributed by atoms with Crippen molar-refractivity contribution in [1.29, 1.82) is 0 Å². The Morgan fingerprint density at radius 2 is 1.80 bits per heavy atom. The minimum Gasteiger partial charge on any atom is -0.370 e. The lowest BCUT2D eigenvalue weighted by atomic mass is 10.5. The smallest absolute Gasteiger partial charge is 0.186 e. The zero-order chi connectivity index (χ0) is 8.57. The molecule has 0 amide bonds. The van der Waals surface area contributed by atoms with Crippen LogP contribution in [0.5, 0.6) is 0 Å². The van der Waals surface area contributed by atoms with Crippen molar-refractivity contribution < 1.29 is 4.79 Å². The molecular formula is C6H15N3O. The van der Waals surface area contributed by atoms with Crippen LogP contribution >= 0.6 is 0 Å². The Morgan fingerprint density at radius 3 is 1.90 bits per heavy atom. The quantitative estimate of drug-likeness (QED) is 0.419. The number of carbonyl (C=O) groups is 1. The molecule has 4 N–H and O–H groups in total. The number of aliphatic imine (C=N–C) groups is 1. The summed E-state index contributed by atoms with van der Waals surface area (Å²) < 4.78 is 0. The Balaban J connectivity index is 0. The average Bonchev–Trinajstić information content (AvgIpc) is 1.89. The predicted octanol–water partition coefficient (Wildman–Crippen LogP) is -0.125. The highest BCUT2D eigenvalue weighted by molar-refractivity contribution is 5.82. The molecule has 0 rings (SSSR count). The number of hydrogen-bond donors (Lipinski definition) is 2. The van der Waals surface area contributed by atoms with Crippen molar-refractivity contribution in [3.05, 3.63) is 0 Å². The van der Waals surface area contributed by atoms with Crippen LogP contribution in [0.15, 0.2) is 4.99 Å². The fourth-order valence-electron chi connectivity index (χ4n) is 0.203. The Kier molecular flexibility index (Phi) is 9.29. The Morgan fingerprint density at radius 1 is 1.40 bits per heavy atom. The lowest BCUT2D eigenvalue weighted by molar-refractivity contribution is -0.115. The van der Waals surface area contributed by atoms with Crippen molar-refractivity contribution in [3.8, 4) is 0 Å². The van der Waals surface area contributed by atoms with Gasteiger partial charge in [0.15, 0.2) is 11.7 Å². The van der Waals surface area contributed by atoms with Crippen LogP contribution < -0.4 is 11.5 Å². The van der Waals surface area contributed by atoms with E-state index >= 15 is 0 Å². The first kappa shape index (κ1) is 11.7. The van der Waals surface area contributed by atoms with Crippen molar-refractivity contribution in [2.75, 3.05) is 6.54 Å². The van der Waals surface area contributed by atoms with Crippen molar-refractivity contribution in [2.24, 2.45) is 16.5 Å². The highest BCUT2D eigenvalue weighted by atomic mass is 16.1. The highest BCUT2D eigenvalue weighted by Crippen LogP contribution is 1.68. The van der Waals surface area contributed by atoms with Gasteiger partial charge in [0.25, 0.3) is 0 Å². The van der Waals surface area contributed by atoms with Gasteiger partial charge in [0.2, 0.25) is 0 Å². The van der Waals surface area contributed by atoms with Gasteiger partial charge in [0, 0.05) is 0 Å². The van der Waals surface area contributed by atoms with E-state index in [2.05, 4.69) is 4.99 Å². The molecule has 4 nitrogen and oxygen atoms in total. The summed E-state index contributed by atoms with van der Waals surface area (Å²) >= 11 is 0. The SMILES string of the molecule is CC.CC(=O)CN=C(N)N. The maximum atomic E-state index is 10.1. The van der Waals surface area contributed by atoms with Gasteiger partial charge < -0.3 is 11.5 Å². The van der Waals surface area contributed by atoms with Crippen LogP contribution in [0.3, 0.4) is 0 Å². The molecule has 10 heavy (non-hydrogen) atoms. The van der Waals surface area contributed by atoms with Crippen LogP contribution in [0, 0.1) is 0 Å². The van der Waals surface area contributed by atoms with Crippen LogP contribution in [0.1, 0.15) is 20.8 Å². The fourth-order valence-corrected chi connectivity index (χ4v) is 0.203. The second-order valence-corrected chi connectivity index (χ2v) is 1.44. The Bertz CT molecular complexity index is 116. The van der Waals surface area contributed by atoms with Crippen LogP contribution in [-0.2, 0) is 4.79 Å². The van der Waals surface area contributed by atoms with Crippen LogP contribution in [0.25, 0.3) is 0 Å². The summed E-state index contributed by atoms with van der Waals surface area (Å²) in [4.78, 5) is 13.6. The van der Waals surface area contributed by atoms with Crippen molar-refractivity contribution >= 4 is 11.7 Å². The third kappa shape index (κ3) is 15.8. The predicted molar refractivity (Wildman–Crippen MR) is 42.7 cm³/mol. The summed E-state index contributed by atoms with van der Waals surface area (Å²) in [5.41, 5.74) is 9.83. The third-order valence-electron chi connectivity index (χ3n) is 0.484. The first-order valence-electron chi connectivity index (χ1n) is 3.17. The summed E-state index contributed by atoms with van der Waals surface area (Å²) in [7, 11) is 0. The number of rotatable bonds is 2. The van der Waals surface area contributed by atoms with E-state index in [1.807, 2.05) is 13.8 Å². The minimum absolute atomic E-state index is 0.0415. The van der Waals surface area contributed by atoms with Crippen molar-refractivity contribution in [1.82, 2.24) is 0 Å². The molecule has 0 aliphatic heterocycles. The molecule has 0 atom stereocenters. The van der Waals surface area contributed by atoms with Gasteiger partial charge in [0.1, 0.15) is 6.54 Å². The number of Topliss-reactive ketones (excluding diaryl/α,β-unsaturated/α-hetero) is 1. The van der Waals surface area contributed by atoms with E-state index in [-0.39, 0.29) is 18.3 Å². The zero-order valence-electron chi connectivity index (χ0n) is 6.72. The number of hydrogen-bond acceptors (Lipinski definition) is 2. The van der Waals surface area contributed by atoms with E-state index in [0.717, 1.165) is 0 Å². The zero-order valence-corrected chi connectivity index (χ0v) is 6.72. The standard InChI is InChI=1S/C4H9N3O.C2H6/c1-3(8)2-7-4(5)6;1-2/h2H2,1H3,(H4,5,6,7);1-2H3. The normalized spacial score (nSPS) is 7.10. The molecule has 0 unspecified atom stereocenters. The molecule has 60 valence electrons. The second kappa shape index (κ2) is 7.94. The fraction of sp³-hybridized carbons (Fsp3) is 0.667. The summed E-state index contributed by atoms with van der Waals surface area (Å²) in [6.07, 6.45) is 0. The van der Waals surface area contributed by atoms with E-state index in [4.69, 9.17) is 11.5 Å².